The minimum atomic E-state index is -4.95. The molecule has 0 radical (unpaired) electrons. The lowest BCUT2D eigenvalue weighted by atomic mass is 10.0. The largest absolute Gasteiger partial charge is 0.472 e. The second kappa shape index (κ2) is 63.1. The molecule has 0 aromatic carbocycles. The van der Waals surface area contributed by atoms with Crippen LogP contribution in [-0.4, -0.2) is 96.7 Å². The van der Waals surface area contributed by atoms with Crippen molar-refractivity contribution in [2.45, 2.75) is 381 Å². The van der Waals surface area contributed by atoms with Crippen LogP contribution in [0.2, 0.25) is 0 Å². The summed E-state index contributed by atoms with van der Waals surface area (Å²) in [5.41, 5.74) is 0. The van der Waals surface area contributed by atoms with Crippen LogP contribution >= 0.6 is 15.6 Å². The van der Waals surface area contributed by atoms with Crippen molar-refractivity contribution in [3.63, 3.8) is 0 Å². The van der Waals surface area contributed by atoms with Crippen LogP contribution in [0.3, 0.4) is 0 Å². The zero-order chi connectivity index (χ0) is 66.5. The molecule has 19 heteroatoms. The number of esters is 4. The number of phosphoric ester groups is 2. The first-order valence-electron chi connectivity index (χ1n) is 37.0. The van der Waals surface area contributed by atoms with Crippen LogP contribution in [0.4, 0.5) is 0 Å². The van der Waals surface area contributed by atoms with E-state index in [9.17, 15) is 43.2 Å². The molecule has 3 N–H and O–H groups in total. The van der Waals surface area contributed by atoms with E-state index in [-0.39, 0.29) is 25.7 Å². The van der Waals surface area contributed by atoms with E-state index in [1.807, 2.05) is 0 Å². The fourth-order valence-corrected chi connectivity index (χ4v) is 12.3. The number of rotatable bonds is 70. The average molecular weight is 1330 g/mol. The third kappa shape index (κ3) is 64.8. The Bertz CT molecular complexity index is 1750. The Labute approximate surface area is 549 Å². The van der Waals surface area contributed by atoms with Crippen LogP contribution in [0.25, 0.3) is 0 Å². The number of aliphatic hydroxyl groups is 1. The molecule has 17 nitrogen and oxygen atoms in total. The summed E-state index contributed by atoms with van der Waals surface area (Å²) < 4.78 is 68.3. The Kier molecular flexibility index (Phi) is 61.8. The van der Waals surface area contributed by atoms with Gasteiger partial charge in [0.2, 0.25) is 0 Å². The van der Waals surface area contributed by atoms with Crippen molar-refractivity contribution < 1.29 is 80.2 Å². The predicted octanol–water partition coefficient (Wildman–Crippen LogP) is 20.4. The topological polar surface area (TPSA) is 237 Å². The Balaban J connectivity index is 5.24. The van der Waals surface area contributed by atoms with E-state index in [4.69, 9.17) is 37.0 Å². The molecular weight excluding hydrogens is 1190 g/mol. The van der Waals surface area contributed by atoms with Crippen molar-refractivity contribution in [1.29, 1.82) is 0 Å². The van der Waals surface area contributed by atoms with Crippen molar-refractivity contribution >= 4 is 39.5 Å². The second-order valence-electron chi connectivity index (χ2n) is 26.6. The zero-order valence-corrected chi connectivity index (χ0v) is 60.2. The lowest BCUT2D eigenvalue weighted by Gasteiger charge is -2.21. The molecule has 0 heterocycles. The highest BCUT2D eigenvalue weighted by molar-refractivity contribution is 7.47. The summed E-state index contributed by atoms with van der Waals surface area (Å²) in [5, 5.41) is 10.6. The molecule has 0 saturated heterocycles. The highest BCUT2D eigenvalue weighted by Gasteiger charge is 2.30. The van der Waals surface area contributed by atoms with Crippen molar-refractivity contribution in [3.8, 4) is 0 Å². The van der Waals surface area contributed by atoms with Gasteiger partial charge in [-0.3, -0.25) is 37.3 Å². The molecule has 90 heavy (non-hydrogen) atoms. The molecule has 0 fully saturated rings. The molecule has 0 rings (SSSR count). The van der Waals surface area contributed by atoms with Gasteiger partial charge in [0.05, 0.1) is 26.4 Å². The number of aliphatic hydroxyl groups excluding tert-OH is 1. The van der Waals surface area contributed by atoms with Gasteiger partial charge in [-0.25, -0.2) is 9.13 Å². The minimum Gasteiger partial charge on any atom is -0.462 e. The lowest BCUT2D eigenvalue weighted by molar-refractivity contribution is -0.161. The van der Waals surface area contributed by atoms with E-state index in [0.717, 1.165) is 102 Å². The zero-order valence-electron chi connectivity index (χ0n) is 58.4. The lowest BCUT2D eigenvalue weighted by Crippen LogP contribution is -2.30. The smallest absolute Gasteiger partial charge is 0.462 e. The van der Waals surface area contributed by atoms with Crippen LogP contribution < -0.4 is 0 Å². The third-order valence-electron chi connectivity index (χ3n) is 16.5. The van der Waals surface area contributed by atoms with Gasteiger partial charge in [-0.2, -0.15) is 0 Å². The summed E-state index contributed by atoms with van der Waals surface area (Å²) in [5.74, 6) is -0.577. The summed E-state index contributed by atoms with van der Waals surface area (Å²) >= 11 is 0. The van der Waals surface area contributed by atoms with Gasteiger partial charge in [0.1, 0.15) is 19.3 Å². The Morgan fingerprint density at radius 1 is 0.300 bits per heavy atom. The Hall–Kier alpha value is -1.94. The molecule has 0 aliphatic carbocycles. The highest BCUT2D eigenvalue weighted by atomic mass is 31.2. The molecule has 2 unspecified atom stereocenters. The van der Waals surface area contributed by atoms with Gasteiger partial charge in [-0.1, -0.05) is 311 Å². The van der Waals surface area contributed by atoms with E-state index in [1.54, 1.807) is 0 Å². The summed E-state index contributed by atoms with van der Waals surface area (Å²) in [7, 11) is -9.90. The van der Waals surface area contributed by atoms with Crippen LogP contribution in [-0.2, 0) is 65.4 Å². The monoisotopic (exact) mass is 1320 g/mol. The van der Waals surface area contributed by atoms with E-state index in [2.05, 4.69) is 41.5 Å². The molecule has 534 valence electrons. The molecule has 0 aliphatic rings. The van der Waals surface area contributed by atoms with Gasteiger partial charge in [0.15, 0.2) is 12.2 Å². The first kappa shape index (κ1) is 88.1. The molecule has 0 aromatic heterocycles. The fraction of sp³-hybridized carbons (Fsp3) is 0.944. The Morgan fingerprint density at radius 3 is 0.756 bits per heavy atom. The van der Waals surface area contributed by atoms with Crippen LogP contribution in [0.1, 0.15) is 363 Å². The molecular formula is C71H138O17P2. The number of unbranched alkanes of at least 4 members (excludes halogenated alkanes) is 40. The van der Waals surface area contributed by atoms with Gasteiger partial charge in [-0.05, 0) is 37.5 Å². The highest BCUT2D eigenvalue weighted by Crippen LogP contribution is 2.45. The van der Waals surface area contributed by atoms with Crippen LogP contribution in [0, 0.1) is 11.8 Å². The first-order valence-corrected chi connectivity index (χ1v) is 40.0. The molecule has 0 aromatic rings. The number of carbonyl (C=O) groups is 4. The number of ether oxygens (including phenoxy) is 4. The van der Waals surface area contributed by atoms with Crippen molar-refractivity contribution in [3.05, 3.63) is 0 Å². The summed E-state index contributed by atoms with van der Waals surface area (Å²) in [6.07, 6.45) is 48.4. The molecule has 0 bridgehead atoms. The van der Waals surface area contributed by atoms with Gasteiger partial charge in [-0.15, -0.1) is 0 Å². The number of carbonyl (C=O) groups excluding carboxylic acids is 4. The number of hydrogen-bond donors (Lipinski definition) is 3. The summed E-state index contributed by atoms with van der Waals surface area (Å²) in [6.45, 7) is 9.55. The SMILES string of the molecule is CCCCCCCCCCCCCCC(=O)O[C@H](COC(=O)CCCCCCCCCCC)COP(=O)(O)OC[C@H](O)COP(=O)(O)OC[C@@H](COC(=O)CCCCCCCCCCCCC(C)C)OC(=O)CCCCCCCCCCCCCCCC(C)C. The molecule has 0 amide bonds. The van der Waals surface area contributed by atoms with Crippen LogP contribution in [0.5, 0.6) is 0 Å². The minimum absolute atomic E-state index is 0.107. The van der Waals surface area contributed by atoms with Gasteiger partial charge in [0.25, 0.3) is 0 Å². The van der Waals surface area contributed by atoms with E-state index in [1.165, 1.54) is 180 Å². The number of hydrogen-bond acceptors (Lipinski definition) is 15. The quantitative estimate of drug-likeness (QED) is 0.0222. The standard InChI is InChI=1S/C71H138O17P2/c1-7-9-11-13-15-17-18-23-31-37-43-49-55-70(75)87-66(59-81-68(73)53-47-41-35-27-16-14-12-10-8-2)61-85-89(77,78)83-57-65(72)58-84-90(79,80)86-62-67(60-82-69(74)54-48-42-36-30-26-25-29-34-40-46-52-64(5)6)88-71(76)56-50-44-38-32-24-21-19-20-22-28-33-39-45-51-63(3)4/h63-67,72H,7-62H2,1-6H3,(H,77,78)(H,79,80)/t65-,66+,67+/m0/s1. The molecule has 0 saturated carbocycles. The fourth-order valence-electron chi connectivity index (χ4n) is 10.8. The van der Waals surface area contributed by atoms with Gasteiger partial charge in [0, 0.05) is 25.7 Å². The maximum absolute atomic E-state index is 13.0. The third-order valence-corrected chi connectivity index (χ3v) is 18.4. The number of phosphoric acid groups is 2. The van der Waals surface area contributed by atoms with E-state index >= 15 is 0 Å². The average Bonchev–Trinajstić information content (AvgIpc) is 3.72. The van der Waals surface area contributed by atoms with Crippen LogP contribution in [0.15, 0.2) is 0 Å². The summed E-state index contributed by atoms with van der Waals surface area (Å²) in [4.78, 5) is 72.5. The van der Waals surface area contributed by atoms with Crippen molar-refractivity contribution in [2.75, 3.05) is 39.6 Å². The van der Waals surface area contributed by atoms with Crippen molar-refractivity contribution in [2.24, 2.45) is 11.8 Å². The van der Waals surface area contributed by atoms with Gasteiger partial charge < -0.3 is 33.8 Å². The Morgan fingerprint density at radius 2 is 0.511 bits per heavy atom. The second-order valence-corrected chi connectivity index (χ2v) is 29.5. The van der Waals surface area contributed by atoms with Crippen molar-refractivity contribution in [1.82, 2.24) is 0 Å². The normalized spacial score (nSPS) is 14.1. The first-order chi connectivity index (χ1) is 43.4. The maximum atomic E-state index is 13.0. The molecule has 5 atom stereocenters. The molecule has 0 spiro atoms. The van der Waals surface area contributed by atoms with E-state index < -0.39 is 97.5 Å². The van der Waals surface area contributed by atoms with E-state index in [0.29, 0.717) is 25.7 Å². The van der Waals surface area contributed by atoms with Gasteiger partial charge >= 0.3 is 39.5 Å². The molecule has 0 aliphatic heterocycles. The summed E-state index contributed by atoms with van der Waals surface area (Å²) in [6, 6.07) is 0. The maximum Gasteiger partial charge on any atom is 0.472 e. The predicted molar refractivity (Wildman–Crippen MR) is 363 cm³/mol.